The fourth-order valence-corrected chi connectivity index (χ4v) is 4.23. The largest absolute Gasteiger partial charge is 0.348 e. The molecular weight excluding hydrogens is 286 g/mol. The summed E-state index contributed by atoms with van der Waals surface area (Å²) >= 11 is 0. The number of carbonyl (C=O) groups excluding carboxylic acids is 1. The van der Waals surface area contributed by atoms with E-state index in [9.17, 15) is 4.79 Å². The minimum Gasteiger partial charge on any atom is -0.348 e. The fourth-order valence-electron chi connectivity index (χ4n) is 4.23. The third-order valence-corrected chi connectivity index (χ3v) is 5.60. The van der Waals surface area contributed by atoms with Gasteiger partial charge in [0.25, 0.3) is 0 Å². The molecule has 0 aromatic carbocycles. The van der Waals surface area contributed by atoms with E-state index in [1.807, 2.05) is 25.1 Å². The van der Waals surface area contributed by atoms with Gasteiger partial charge in [-0.25, -0.2) is 0 Å². The number of hydrogen-bond acceptors (Lipinski definition) is 3. The third-order valence-electron chi connectivity index (χ3n) is 5.60. The topological polar surface area (TPSA) is 45.2 Å². The van der Waals surface area contributed by atoms with Crippen molar-refractivity contribution in [3.8, 4) is 0 Å². The number of rotatable bonds is 4. The van der Waals surface area contributed by atoms with Crippen LogP contribution in [0.25, 0.3) is 0 Å². The summed E-state index contributed by atoms with van der Waals surface area (Å²) in [6.07, 6.45) is 7.92. The summed E-state index contributed by atoms with van der Waals surface area (Å²) in [5, 5.41) is 3.16. The van der Waals surface area contributed by atoms with Crippen molar-refractivity contribution >= 4 is 5.91 Å². The molecular formula is C19H29N3O. The quantitative estimate of drug-likeness (QED) is 0.928. The summed E-state index contributed by atoms with van der Waals surface area (Å²) in [5.41, 5.74) is 0.929. The van der Waals surface area contributed by atoms with E-state index in [-0.39, 0.29) is 17.9 Å². The lowest BCUT2D eigenvalue weighted by molar-refractivity contribution is -0.127. The predicted molar refractivity (Wildman–Crippen MR) is 91.9 cm³/mol. The second-order valence-electron chi connectivity index (χ2n) is 7.29. The highest BCUT2D eigenvalue weighted by molar-refractivity contribution is 5.79. The highest BCUT2D eigenvalue weighted by Gasteiger charge is 2.34. The molecule has 2 heterocycles. The molecule has 1 aliphatic carbocycles. The summed E-state index contributed by atoms with van der Waals surface area (Å²) in [5.74, 6) is 1.10. The molecule has 0 bridgehead atoms. The first-order valence-corrected chi connectivity index (χ1v) is 9.10. The second kappa shape index (κ2) is 7.43. The normalized spacial score (nSPS) is 30.1. The Morgan fingerprint density at radius 2 is 2.17 bits per heavy atom. The maximum absolute atomic E-state index is 12.7. The van der Waals surface area contributed by atoms with Crippen LogP contribution in [0.4, 0.5) is 0 Å². The summed E-state index contributed by atoms with van der Waals surface area (Å²) in [6.45, 7) is 6.47. The predicted octanol–water partition coefficient (Wildman–Crippen LogP) is 3.16. The standard InChI is InChI=1S/C19H29N3O/c1-14-7-5-10-18(14)22-12-6-8-16(13-22)19(23)21-15(2)17-9-3-4-11-20-17/h3-4,9,11,14-16,18H,5-8,10,12-13H2,1-2H3,(H,21,23)/t14?,15-,16?,18?/m1/s1. The van der Waals surface area contributed by atoms with Gasteiger partial charge in [0, 0.05) is 18.8 Å². The molecule has 2 fully saturated rings. The van der Waals surface area contributed by atoms with Crippen LogP contribution >= 0.6 is 0 Å². The van der Waals surface area contributed by atoms with E-state index in [2.05, 4.69) is 22.1 Å². The smallest absolute Gasteiger partial charge is 0.224 e. The van der Waals surface area contributed by atoms with Gasteiger partial charge in [0.1, 0.15) is 0 Å². The zero-order valence-corrected chi connectivity index (χ0v) is 14.4. The maximum atomic E-state index is 12.7. The van der Waals surface area contributed by atoms with Crippen molar-refractivity contribution < 1.29 is 4.79 Å². The molecule has 1 amide bonds. The number of nitrogens with one attached hydrogen (secondary N) is 1. The average Bonchev–Trinajstić information content (AvgIpc) is 3.02. The van der Waals surface area contributed by atoms with Gasteiger partial charge in [-0.05, 0) is 57.2 Å². The molecule has 3 unspecified atom stereocenters. The van der Waals surface area contributed by atoms with Gasteiger partial charge in [-0.3, -0.25) is 14.7 Å². The molecule has 4 atom stereocenters. The van der Waals surface area contributed by atoms with E-state index in [1.165, 1.54) is 19.3 Å². The first-order valence-electron chi connectivity index (χ1n) is 9.10. The lowest BCUT2D eigenvalue weighted by Crippen LogP contribution is -2.48. The Morgan fingerprint density at radius 1 is 1.30 bits per heavy atom. The molecule has 2 aliphatic rings. The van der Waals surface area contributed by atoms with Crippen LogP contribution < -0.4 is 5.32 Å². The molecule has 1 saturated heterocycles. The Balaban J connectivity index is 1.56. The lowest BCUT2D eigenvalue weighted by Gasteiger charge is -2.38. The van der Waals surface area contributed by atoms with Crippen molar-refractivity contribution in [3.05, 3.63) is 30.1 Å². The number of aromatic nitrogens is 1. The van der Waals surface area contributed by atoms with Gasteiger partial charge in [-0.15, -0.1) is 0 Å². The molecule has 0 spiro atoms. The molecule has 3 rings (SSSR count). The highest BCUT2D eigenvalue weighted by Crippen LogP contribution is 2.32. The van der Waals surface area contributed by atoms with Crippen molar-refractivity contribution in [2.45, 2.75) is 58.0 Å². The van der Waals surface area contributed by atoms with Gasteiger partial charge in [0.2, 0.25) is 5.91 Å². The van der Waals surface area contributed by atoms with Crippen molar-refractivity contribution in [1.82, 2.24) is 15.2 Å². The summed E-state index contributed by atoms with van der Waals surface area (Å²) in [7, 11) is 0. The molecule has 1 aromatic heterocycles. The second-order valence-corrected chi connectivity index (χ2v) is 7.29. The van der Waals surface area contributed by atoms with Gasteiger partial charge < -0.3 is 5.32 Å². The molecule has 4 nitrogen and oxygen atoms in total. The average molecular weight is 315 g/mol. The van der Waals surface area contributed by atoms with E-state index >= 15 is 0 Å². The number of likely N-dealkylation sites (tertiary alicyclic amines) is 1. The van der Waals surface area contributed by atoms with Crippen molar-refractivity contribution in [1.29, 1.82) is 0 Å². The van der Waals surface area contributed by atoms with E-state index in [4.69, 9.17) is 0 Å². The molecule has 1 N–H and O–H groups in total. The van der Waals surface area contributed by atoms with E-state index in [1.54, 1.807) is 6.20 Å². The van der Waals surface area contributed by atoms with Gasteiger partial charge in [0.15, 0.2) is 0 Å². The zero-order chi connectivity index (χ0) is 16.2. The monoisotopic (exact) mass is 315 g/mol. The van der Waals surface area contributed by atoms with Crippen molar-refractivity contribution in [2.75, 3.05) is 13.1 Å². The fraction of sp³-hybridized carbons (Fsp3) is 0.684. The van der Waals surface area contributed by atoms with Crippen LogP contribution in [-0.2, 0) is 4.79 Å². The van der Waals surface area contributed by atoms with E-state index < -0.39 is 0 Å². The maximum Gasteiger partial charge on any atom is 0.224 e. The number of carbonyl (C=O) groups is 1. The molecule has 1 aliphatic heterocycles. The Labute approximate surface area is 139 Å². The first-order chi connectivity index (χ1) is 11.1. The highest BCUT2D eigenvalue weighted by atomic mass is 16.2. The van der Waals surface area contributed by atoms with Gasteiger partial charge in [0.05, 0.1) is 17.7 Å². The minimum absolute atomic E-state index is 0.0236. The number of nitrogens with zero attached hydrogens (tertiary/aromatic N) is 2. The summed E-state index contributed by atoms with van der Waals surface area (Å²) < 4.78 is 0. The van der Waals surface area contributed by atoms with Crippen LogP contribution in [-0.4, -0.2) is 34.9 Å². The molecule has 0 radical (unpaired) electrons. The van der Waals surface area contributed by atoms with E-state index in [0.717, 1.165) is 37.5 Å². The minimum atomic E-state index is -0.0236. The van der Waals surface area contributed by atoms with Gasteiger partial charge in [-0.1, -0.05) is 19.4 Å². The SMILES string of the molecule is CC1CCCC1N1CCCC(C(=O)N[C@H](C)c2ccccn2)C1. The molecule has 126 valence electrons. The van der Waals surface area contributed by atoms with Crippen LogP contribution in [0.1, 0.15) is 57.7 Å². The summed E-state index contributed by atoms with van der Waals surface area (Å²) in [4.78, 5) is 19.6. The molecule has 4 heteroatoms. The van der Waals surface area contributed by atoms with Crippen LogP contribution in [0.5, 0.6) is 0 Å². The Morgan fingerprint density at radius 3 is 2.87 bits per heavy atom. The van der Waals surface area contributed by atoms with E-state index in [0.29, 0.717) is 6.04 Å². The number of hydrogen-bond donors (Lipinski definition) is 1. The zero-order valence-electron chi connectivity index (χ0n) is 14.4. The van der Waals surface area contributed by atoms with Gasteiger partial charge >= 0.3 is 0 Å². The molecule has 23 heavy (non-hydrogen) atoms. The van der Waals surface area contributed by atoms with Crippen molar-refractivity contribution in [3.63, 3.8) is 0 Å². The van der Waals surface area contributed by atoms with Gasteiger partial charge in [-0.2, -0.15) is 0 Å². The Hall–Kier alpha value is -1.42. The summed E-state index contributed by atoms with van der Waals surface area (Å²) in [6, 6.07) is 6.51. The Kier molecular flexibility index (Phi) is 5.31. The molecule has 1 saturated carbocycles. The van der Waals surface area contributed by atoms with Crippen LogP contribution in [0.3, 0.4) is 0 Å². The number of piperidine rings is 1. The van der Waals surface area contributed by atoms with Crippen LogP contribution in [0, 0.1) is 11.8 Å². The number of amides is 1. The Bertz CT molecular complexity index is 519. The number of pyridine rings is 1. The third kappa shape index (κ3) is 3.92. The van der Waals surface area contributed by atoms with Crippen LogP contribution in [0.15, 0.2) is 24.4 Å². The molecule has 1 aromatic rings. The first kappa shape index (κ1) is 16.4. The lowest BCUT2D eigenvalue weighted by atomic mass is 9.93. The van der Waals surface area contributed by atoms with Crippen molar-refractivity contribution in [2.24, 2.45) is 11.8 Å². The van der Waals surface area contributed by atoms with Crippen LogP contribution in [0.2, 0.25) is 0 Å².